The number of benzene rings is 2. The minimum atomic E-state index is -0.447. The topological polar surface area (TPSA) is 89.3 Å². The summed E-state index contributed by atoms with van der Waals surface area (Å²) in [5.74, 6) is -0.215. The zero-order valence-corrected chi connectivity index (χ0v) is 14.0. The van der Waals surface area contributed by atoms with Crippen LogP contribution in [0.4, 0.5) is 5.69 Å². The zero-order chi connectivity index (χ0) is 18.2. The predicted molar refractivity (Wildman–Crippen MR) is 94.6 cm³/mol. The van der Waals surface area contributed by atoms with Crippen molar-refractivity contribution in [1.29, 1.82) is 0 Å². The molecule has 0 unspecified atom stereocenters. The number of nitrogens with one attached hydrogen (secondary N) is 1. The maximum absolute atomic E-state index is 12.1. The van der Waals surface area contributed by atoms with Crippen LogP contribution in [-0.2, 0) is 11.2 Å². The summed E-state index contributed by atoms with van der Waals surface area (Å²) < 4.78 is 0. The number of aryl methyl sites for hydroxylation is 1. The van der Waals surface area contributed by atoms with Crippen LogP contribution >= 0.6 is 0 Å². The number of nitro benzene ring substituents is 1. The monoisotopic (exact) mass is 340 g/mol. The molecule has 0 aliphatic carbocycles. The molecule has 0 radical (unpaired) electrons. The fourth-order valence-corrected chi connectivity index (χ4v) is 2.47. The second kappa shape index (κ2) is 8.73. The van der Waals surface area contributed by atoms with Gasteiger partial charge in [-0.2, -0.15) is 0 Å². The summed E-state index contributed by atoms with van der Waals surface area (Å²) in [5.41, 5.74) is 2.51. The van der Waals surface area contributed by atoms with Crippen LogP contribution in [0.1, 0.15) is 34.3 Å². The number of hydrogen-bond acceptors (Lipinski definition) is 4. The first kappa shape index (κ1) is 18.3. The van der Waals surface area contributed by atoms with E-state index in [0.29, 0.717) is 18.5 Å². The van der Waals surface area contributed by atoms with Gasteiger partial charge in [-0.25, -0.2) is 0 Å². The standard InChI is InChI=1S/C19H20N2O4/c1-14-4-2-3-5-17(14)18(22)10-11-19(23)20-13-12-15-6-8-16(9-7-15)21(24)25/h2-9H,10-13H2,1H3,(H,20,23). The molecule has 0 heterocycles. The summed E-state index contributed by atoms with van der Waals surface area (Å²) >= 11 is 0. The smallest absolute Gasteiger partial charge is 0.269 e. The van der Waals surface area contributed by atoms with E-state index in [1.165, 1.54) is 12.1 Å². The number of hydrogen-bond donors (Lipinski definition) is 1. The van der Waals surface area contributed by atoms with Crippen molar-refractivity contribution in [3.63, 3.8) is 0 Å². The number of nitro groups is 1. The lowest BCUT2D eigenvalue weighted by Crippen LogP contribution is -2.26. The molecule has 6 heteroatoms. The van der Waals surface area contributed by atoms with E-state index in [1.807, 2.05) is 25.1 Å². The molecule has 0 aromatic heterocycles. The van der Waals surface area contributed by atoms with Crippen molar-refractivity contribution in [2.45, 2.75) is 26.2 Å². The molecule has 0 saturated carbocycles. The van der Waals surface area contributed by atoms with E-state index in [1.54, 1.807) is 18.2 Å². The molecule has 2 rings (SSSR count). The Labute approximate surface area is 146 Å². The summed E-state index contributed by atoms with van der Waals surface area (Å²) in [6.07, 6.45) is 0.900. The predicted octanol–water partition coefficient (Wildman–Crippen LogP) is 3.23. The highest BCUT2D eigenvalue weighted by molar-refractivity contribution is 5.99. The number of carbonyl (C=O) groups is 2. The lowest BCUT2D eigenvalue weighted by atomic mass is 10.0. The quantitative estimate of drug-likeness (QED) is 0.454. The Hall–Kier alpha value is -3.02. The van der Waals surface area contributed by atoms with E-state index in [9.17, 15) is 19.7 Å². The molecule has 0 bridgehead atoms. The first-order valence-corrected chi connectivity index (χ1v) is 8.06. The molecule has 2 aromatic rings. The number of rotatable bonds is 8. The van der Waals surface area contributed by atoms with Gasteiger partial charge in [-0.15, -0.1) is 0 Å². The molecule has 25 heavy (non-hydrogen) atoms. The Bertz CT molecular complexity index is 769. The van der Waals surface area contributed by atoms with Crippen LogP contribution < -0.4 is 5.32 Å². The van der Waals surface area contributed by atoms with Gasteiger partial charge in [-0.05, 0) is 24.5 Å². The number of Topliss-reactive ketones (excluding diaryl/α,β-unsaturated/α-hetero) is 1. The number of carbonyl (C=O) groups excluding carboxylic acids is 2. The third-order valence-corrected chi connectivity index (χ3v) is 3.91. The van der Waals surface area contributed by atoms with Gasteiger partial charge in [0.2, 0.25) is 5.91 Å². The maximum Gasteiger partial charge on any atom is 0.269 e. The van der Waals surface area contributed by atoms with Gasteiger partial charge >= 0.3 is 0 Å². The summed E-state index contributed by atoms with van der Waals surface area (Å²) in [7, 11) is 0. The number of ketones is 1. The summed E-state index contributed by atoms with van der Waals surface area (Å²) in [6, 6.07) is 13.6. The Balaban J connectivity index is 1.73. The van der Waals surface area contributed by atoms with Crippen LogP contribution in [0.2, 0.25) is 0 Å². The summed E-state index contributed by atoms with van der Waals surface area (Å²) in [6.45, 7) is 2.30. The van der Waals surface area contributed by atoms with Gasteiger partial charge in [0.1, 0.15) is 0 Å². The van der Waals surface area contributed by atoms with Crippen molar-refractivity contribution in [3.05, 3.63) is 75.3 Å². The Morgan fingerprint density at radius 2 is 1.72 bits per heavy atom. The highest BCUT2D eigenvalue weighted by atomic mass is 16.6. The summed E-state index contributed by atoms with van der Waals surface area (Å²) in [4.78, 5) is 34.1. The number of nitrogens with zero attached hydrogens (tertiary/aromatic N) is 1. The molecule has 1 N–H and O–H groups in total. The van der Waals surface area contributed by atoms with E-state index >= 15 is 0 Å². The SMILES string of the molecule is Cc1ccccc1C(=O)CCC(=O)NCCc1ccc([N+](=O)[O-])cc1. The fourth-order valence-electron chi connectivity index (χ4n) is 2.47. The van der Waals surface area contributed by atoms with Gasteiger partial charge in [-0.3, -0.25) is 19.7 Å². The normalized spacial score (nSPS) is 10.3. The van der Waals surface area contributed by atoms with Crippen molar-refractivity contribution < 1.29 is 14.5 Å². The first-order chi connectivity index (χ1) is 12.0. The van der Waals surface area contributed by atoms with Crippen molar-refractivity contribution in [2.24, 2.45) is 0 Å². The Morgan fingerprint density at radius 3 is 2.36 bits per heavy atom. The van der Waals surface area contributed by atoms with E-state index in [0.717, 1.165) is 11.1 Å². The minimum Gasteiger partial charge on any atom is -0.356 e. The van der Waals surface area contributed by atoms with E-state index < -0.39 is 4.92 Å². The second-order valence-corrected chi connectivity index (χ2v) is 5.76. The van der Waals surface area contributed by atoms with Crippen molar-refractivity contribution in [3.8, 4) is 0 Å². The fraction of sp³-hybridized carbons (Fsp3) is 0.263. The Morgan fingerprint density at radius 1 is 1.04 bits per heavy atom. The molecule has 0 spiro atoms. The van der Waals surface area contributed by atoms with Crippen LogP contribution in [-0.4, -0.2) is 23.2 Å². The summed E-state index contributed by atoms with van der Waals surface area (Å²) in [5, 5.41) is 13.4. The van der Waals surface area contributed by atoms with Crippen LogP contribution in [0, 0.1) is 17.0 Å². The molecule has 0 atom stereocenters. The van der Waals surface area contributed by atoms with Gasteiger partial charge in [0.25, 0.3) is 5.69 Å². The molecular formula is C19H20N2O4. The molecular weight excluding hydrogens is 320 g/mol. The van der Waals surface area contributed by atoms with Gasteiger partial charge in [-0.1, -0.05) is 36.4 Å². The molecule has 2 aromatic carbocycles. The largest absolute Gasteiger partial charge is 0.356 e. The van der Waals surface area contributed by atoms with Gasteiger partial charge < -0.3 is 5.32 Å². The van der Waals surface area contributed by atoms with Gasteiger partial charge in [0.15, 0.2) is 5.78 Å². The lowest BCUT2D eigenvalue weighted by Gasteiger charge is -2.06. The van der Waals surface area contributed by atoms with Crippen LogP contribution in [0.25, 0.3) is 0 Å². The van der Waals surface area contributed by atoms with Crippen LogP contribution in [0.15, 0.2) is 48.5 Å². The highest BCUT2D eigenvalue weighted by Crippen LogP contribution is 2.12. The molecule has 0 saturated heterocycles. The molecule has 0 aliphatic rings. The van der Waals surface area contributed by atoms with Gasteiger partial charge in [0.05, 0.1) is 4.92 Å². The third-order valence-electron chi connectivity index (χ3n) is 3.91. The van der Waals surface area contributed by atoms with E-state index in [4.69, 9.17) is 0 Å². The van der Waals surface area contributed by atoms with Crippen molar-refractivity contribution in [1.82, 2.24) is 5.32 Å². The molecule has 1 amide bonds. The van der Waals surface area contributed by atoms with E-state index in [2.05, 4.69) is 5.32 Å². The number of amides is 1. The van der Waals surface area contributed by atoms with Crippen molar-refractivity contribution >= 4 is 17.4 Å². The van der Waals surface area contributed by atoms with Crippen LogP contribution in [0.3, 0.4) is 0 Å². The molecule has 6 nitrogen and oxygen atoms in total. The average Bonchev–Trinajstić information content (AvgIpc) is 2.60. The highest BCUT2D eigenvalue weighted by Gasteiger charge is 2.11. The second-order valence-electron chi connectivity index (χ2n) is 5.76. The average molecular weight is 340 g/mol. The third kappa shape index (κ3) is 5.53. The lowest BCUT2D eigenvalue weighted by molar-refractivity contribution is -0.384. The van der Waals surface area contributed by atoms with Crippen molar-refractivity contribution in [2.75, 3.05) is 6.54 Å². The zero-order valence-electron chi connectivity index (χ0n) is 14.0. The molecule has 0 fully saturated rings. The first-order valence-electron chi connectivity index (χ1n) is 8.06. The molecule has 0 aliphatic heterocycles. The Kier molecular flexibility index (Phi) is 6.39. The van der Waals surface area contributed by atoms with Gasteiger partial charge in [0, 0.05) is 37.1 Å². The molecule has 130 valence electrons. The minimum absolute atomic E-state index is 0.0383. The maximum atomic E-state index is 12.1. The van der Waals surface area contributed by atoms with Crippen LogP contribution in [0.5, 0.6) is 0 Å². The number of non-ortho nitro benzene ring substituents is 1. The van der Waals surface area contributed by atoms with E-state index in [-0.39, 0.29) is 30.2 Å².